The minimum atomic E-state index is -0.528. The molecule has 32 heavy (non-hydrogen) atoms. The van der Waals surface area contributed by atoms with E-state index in [9.17, 15) is 14.7 Å². The molecule has 2 aromatic carbocycles. The third kappa shape index (κ3) is 4.30. The molecule has 2 aromatic rings. The predicted molar refractivity (Wildman–Crippen MR) is 123 cm³/mol. The summed E-state index contributed by atoms with van der Waals surface area (Å²) in [6.45, 7) is 3.10. The second-order valence-electron chi connectivity index (χ2n) is 9.34. The van der Waals surface area contributed by atoms with Crippen molar-refractivity contribution in [1.82, 2.24) is 9.80 Å². The van der Waals surface area contributed by atoms with Crippen LogP contribution < -0.4 is 4.74 Å². The van der Waals surface area contributed by atoms with Gasteiger partial charge in [-0.2, -0.15) is 0 Å². The average Bonchev–Trinajstić information content (AvgIpc) is 2.79. The number of esters is 1. The van der Waals surface area contributed by atoms with Gasteiger partial charge in [-0.1, -0.05) is 30.3 Å². The summed E-state index contributed by atoms with van der Waals surface area (Å²) in [5, 5.41) is 11.3. The minimum Gasteiger partial charge on any atom is -0.427 e. The number of hydrogen-bond donors (Lipinski definition) is 1. The molecule has 1 saturated carbocycles. The van der Waals surface area contributed by atoms with Gasteiger partial charge in [0.2, 0.25) is 0 Å². The van der Waals surface area contributed by atoms with Crippen molar-refractivity contribution >= 4 is 11.9 Å². The maximum Gasteiger partial charge on any atom is 0.308 e. The maximum absolute atomic E-state index is 13.2. The molecule has 1 aliphatic heterocycles. The second-order valence-corrected chi connectivity index (χ2v) is 9.34. The van der Waals surface area contributed by atoms with Crippen molar-refractivity contribution in [3.8, 4) is 5.75 Å². The Bertz CT molecular complexity index is 979. The molecule has 0 aromatic heterocycles. The van der Waals surface area contributed by atoms with Crippen molar-refractivity contribution in [2.75, 3.05) is 27.2 Å². The summed E-state index contributed by atoms with van der Waals surface area (Å²) in [4.78, 5) is 28.7. The lowest BCUT2D eigenvalue weighted by molar-refractivity contribution is -0.131. The number of rotatable bonds is 4. The molecule has 2 aliphatic rings. The highest BCUT2D eigenvalue weighted by Gasteiger charge is 2.52. The fraction of sp³-hybridized carbons (Fsp3) is 0.462. The first-order valence-corrected chi connectivity index (χ1v) is 11.3. The quantitative estimate of drug-likeness (QED) is 0.589. The number of benzene rings is 2. The first kappa shape index (κ1) is 22.5. The number of hydrogen-bond acceptors (Lipinski definition) is 5. The van der Waals surface area contributed by atoms with E-state index in [4.69, 9.17) is 4.74 Å². The van der Waals surface area contributed by atoms with Gasteiger partial charge in [-0.05, 0) is 62.7 Å². The average molecular weight is 437 g/mol. The predicted octanol–water partition coefficient (Wildman–Crippen LogP) is 3.10. The van der Waals surface area contributed by atoms with Gasteiger partial charge in [-0.3, -0.25) is 9.59 Å². The van der Waals surface area contributed by atoms with Crippen LogP contribution in [0.15, 0.2) is 54.6 Å². The van der Waals surface area contributed by atoms with Crippen LogP contribution in [0.1, 0.15) is 42.1 Å². The molecule has 1 saturated heterocycles. The largest absolute Gasteiger partial charge is 0.427 e. The van der Waals surface area contributed by atoms with Crippen LogP contribution in [0.4, 0.5) is 0 Å². The monoisotopic (exact) mass is 436 g/mol. The molecule has 0 spiro atoms. The van der Waals surface area contributed by atoms with E-state index in [-0.39, 0.29) is 29.3 Å². The number of aliphatic hydroxyl groups excluding tert-OH is 1. The molecule has 1 aliphatic carbocycles. The number of piperidine rings is 1. The lowest BCUT2D eigenvalue weighted by atomic mass is 9.57. The summed E-state index contributed by atoms with van der Waals surface area (Å²) in [6.07, 6.45) is 1.67. The Morgan fingerprint density at radius 3 is 2.62 bits per heavy atom. The fourth-order valence-corrected chi connectivity index (χ4v) is 5.62. The maximum atomic E-state index is 13.2. The normalized spacial score (nSPS) is 27.9. The number of amides is 1. The van der Waals surface area contributed by atoms with Crippen LogP contribution in [0.5, 0.6) is 5.75 Å². The molecule has 1 N–H and O–H groups in total. The highest BCUT2D eigenvalue weighted by atomic mass is 16.5. The molecule has 6 nitrogen and oxygen atoms in total. The zero-order chi connectivity index (χ0) is 22.9. The first-order valence-electron chi connectivity index (χ1n) is 11.3. The second kappa shape index (κ2) is 9.04. The Balaban J connectivity index is 1.69. The van der Waals surface area contributed by atoms with Crippen molar-refractivity contribution in [1.29, 1.82) is 0 Å². The van der Waals surface area contributed by atoms with Gasteiger partial charge in [0.15, 0.2) is 0 Å². The lowest BCUT2D eigenvalue weighted by Crippen LogP contribution is -2.60. The van der Waals surface area contributed by atoms with Crippen LogP contribution in [-0.4, -0.2) is 66.1 Å². The number of carbonyl (C=O) groups is 2. The summed E-state index contributed by atoms with van der Waals surface area (Å²) in [5.41, 5.74) is 1.43. The number of aliphatic hydroxyl groups is 1. The fourth-order valence-electron chi connectivity index (χ4n) is 5.62. The summed E-state index contributed by atoms with van der Waals surface area (Å²) in [7, 11) is 3.92. The zero-order valence-electron chi connectivity index (χ0n) is 19.0. The van der Waals surface area contributed by atoms with Crippen LogP contribution in [0, 0.1) is 5.92 Å². The highest BCUT2D eigenvalue weighted by molar-refractivity contribution is 5.94. The van der Waals surface area contributed by atoms with Gasteiger partial charge in [0.1, 0.15) is 5.75 Å². The van der Waals surface area contributed by atoms with E-state index < -0.39 is 6.10 Å². The van der Waals surface area contributed by atoms with Gasteiger partial charge in [-0.15, -0.1) is 0 Å². The number of fused-ring (bicyclic) bond motifs is 1. The van der Waals surface area contributed by atoms with E-state index in [0.29, 0.717) is 17.7 Å². The van der Waals surface area contributed by atoms with Gasteiger partial charge >= 0.3 is 5.97 Å². The van der Waals surface area contributed by atoms with Crippen molar-refractivity contribution in [3.63, 3.8) is 0 Å². The van der Waals surface area contributed by atoms with Crippen LogP contribution >= 0.6 is 0 Å². The standard InChI is InChI=1S/C26H32N2O4/c1-18(29)32-22-11-7-10-20(14-22)26-12-13-27(2)17-23(26)24(30)15-21(16-26)28(3)25(31)19-8-5-4-6-9-19/h4-11,14,21,23-24,30H,12-13,15-17H2,1-3H3/t21-,23?,24?,26?/m0/s1. The molecular formula is C26H32N2O4. The smallest absolute Gasteiger partial charge is 0.308 e. The molecule has 2 fully saturated rings. The van der Waals surface area contributed by atoms with Crippen molar-refractivity contribution < 1.29 is 19.4 Å². The number of carbonyl (C=O) groups excluding carboxylic acids is 2. The Morgan fingerprint density at radius 1 is 1.16 bits per heavy atom. The summed E-state index contributed by atoms with van der Waals surface area (Å²) in [5.74, 6) is 0.185. The highest BCUT2D eigenvalue weighted by Crippen LogP contribution is 2.50. The molecule has 4 rings (SSSR count). The summed E-state index contributed by atoms with van der Waals surface area (Å²) in [6, 6.07) is 16.9. The van der Waals surface area contributed by atoms with E-state index in [1.54, 1.807) is 11.0 Å². The third-order valence-corrected chi connectivity index (χ3v) is 7.30. The Morgan fingerprint density at radius 2 is 1.91 bits per heavy atom. The van der Waals surface area contributed by atoms with Crippen LogP contribution in [0.3, 0.4) is 0 Å². The van der Waals surface area contributed by atoms with Gasteiger partial charge in [0, 0.05) is 43.5 Å². The molecule has 0 bridgehead atoms. The molecule has 170 valence electrons. The summed E-state index contributed by atoms with van der Waals surface area (Å²) >= 11 is 0. The number of likely N-dealkylation sites (tertiary alicyclic amines) is 1. The molecule has 1 amide bonds. The zero-order valence-corrected chi connectivity index (χ0v) is 19.0. The van der Waals surface area contributed by atoms with Gasteiger partial charge in [0.05, 0.1) is 6.10 Å². The topological polar surface area (TPSA) is 70.1 Å². The molecule has 0 radical (unpaired) electrons. The van der Waals surface area contributed by atoms with E-state index in [1.807, 2.05) is 49.5 Å². The van der Waals surface area contributed by atoms with Crippen molar-refractivity contribution in [2.24, 2.45) is 5.92 Å². The van der Waals surface area contributed by atoms with Crippen molar-refractivity contribution in [3.05, 3.63) is 65.7 Å². The van der Waals surface area contributed by atoms with Crippen LogP contribution in [0.2, 0.25) is 0 Å². The van der Waals surface area contributed by atoms with E-state index in [1.165, 1.54) is 6.92 Å². The van der Waals surface area contributed by atoms with Crippen LogP contribution in [0.25, 0.3) is 0 Å². The molecule has 1 heterocycles. The van der Waals surface area contributed by atoms with Crippen molar-refractivity contribution in [2.45, 2.75) is 43.7 Å². The van der Waals surface area contributed by atoms with E-state index in [2.05, 4.69) is 18.0 Å². The van der Waals surface area contributed by atoms with Crippen LogP contribution in [-0.2, 0) is 10.2 Å². The number of nitrogens with zero attached hydrogens (tertiary/aromatic N) is 2. The Kier molecular flexibility index (Phi) is 6.35. The van der Waals surface area contributed by atoms with E-state index in [0.717, 1.165) is 31.5 Å². The first-order chi connectivity index (χ1) is 15.3. The van der Waals surface area contributed by atoms with E-state index >= 15 is 0 Å². The molecule has 3 unspecified atom stereocenters. The van der Waals surface area contributed by atoms with Gasteiger partial charge in [0.25, 0.3) is 5.91 Å². The number of ether oxygens (including phenoxy) is 1. The minimum absolute atomic E-state index is 0.0296. The summed E-state index contributed by atoms with van der Waals surface area (Å²) < 4.78 is 5.36. The SMILES string of the molecule is CC(=O)Oc1cccc(C23CCN(C)CC2C(O)C[C@H](N(C)C(=O)c2ccccc2)C3)c1. The Labute approximate surface area is 189 Å². The third-order valence-electron chi connectivity index (χ3n) is 7.30. The lowest BCUT2D eigenvalue weighted by Gasteiger charge is -2.55. The molecule has 4 atom stereocenters. The van der Waals surface area contributed by atoms with Gasteiger partial charge < -0.3 is 19.6 Å². The van der Waals surface area contributed by atoms with Gasteiger partial charge in [-0.25, -0.2) is 0 Å². The Hall–Kier alpha value is -2.70. The molecular weight excluding hydrogens is 404 g/mol. The molecule has 6 heteroatoms.